The van der Waals surface area contributed by atoms with Crippen LogP contribution in [0.4, 0.5) is 0 Å². The van der Waals surface area contributed by atoms with Gasteiger partial charge in [-0.2, -0.15) is 0 Å². The highest BCUT2D eigenvalue weighted by Gasteiger charge is 2.14. The Bertz CT molecular complexity index is 1830. The predicted molar refractivity (Wildman–Crippen MR) is 189 cm³/mol. The first kappa shape index (κ1) is 30.3. The average Bonchev–Trinajstić information content (AvgIpc) is 3.11. The fraction of sp³-hybridized carbons (Fsp3) is 0.158. The highest BCUT2D eigenvalue weighted by atomic mass is 79.9. The van der Waals surface area contributed by atoms with Gasteiger partial charge in [0.25, 0.3) is 0 Å². The molecule has 1 unspecified atom stereocenters. The number of pyridine rings is 2. The molecule has 1 aliphatic rings. The Morgan fingerprint density at radius 2 is 1.51 bits per heavy atom. The minimum absolute atomic E-state index is 0.583. The van der Waals surface area contributed by atoms with Crippen molar-refractivity contribution in [2.24, 2.45) is 15.7 Å². The van der Waals surface area contributed by atoms with Crippen LogP contribution >= 0.6 is 15.9 Å². The van der Waals surface area contributed by atoms with E-state index in [1.807, 2.05) is 24.5 Å². The van der Waals surface area contributed by atoms with Crippen LogP contribution in [-0.4, -0.2) is 28.1 Å². The summed E-state index contributed by atoms with van der Waals surface area (Å²) >= 11 is 3.72. The molecule has 0 spiro atoms. The summed E-state index contributed by atoms with van der Waals surface area (Å²) in [6, 6.07) is 31.0. The molecule has 0 saturated heterocycles. The van der Waals surface area contributed by atoms with E-state index in [9.17, 15) is 0 Å². The lowest BCUT2D eigenvalue weighted by Gasteiger charge is -2.16. The fourth-order valence-corrected chi connectivity index (χ4v) is 5.92. The molecule has 3 aromatic carbocycles. The Labute approximate surface area is 273 Å². The Morgan fingerprint density at radius 3 is 2.13 bits per heavy atom. The van der Waals surface area contributed by atoms with Crippen molar-refractivity contribution in [1.82, 2.24) is 15.3 Å². The number of hydrogen-bond donors (Lipinski definition) is 2. The minimum Gasteiger partial charge on any atom is -0.391 e. The first-order valence-corrected chi connectivity index (χ1v) is 16.0. The SMILES string of the molecule is CC/C(=N\C(=N/C(N)c1ccc(C2=CNCCC2)cc1)c1ccc(-c2cccnc2)cc1)c1cc(Br)cc(-c2cccnc2)c1. The average molecular weight is 656 g/mol. The number of halogens is 1. The molecule has 1 aliphatic heterocycles. The van der Waals surface area contributed by atoms with Gasteiger partial charge in [0.2, 0.25) is 0 Å². The molecular formula is C38H35BrN6. The maximum atomic E-state index is 6.76. The van der Waals surface area contributed by atoms with E-state index in [4.69, 9.17) is 15.7 Å². The van der Waals surface area contributed by atoms with E-state index in [2.05, 4.69) is 123 Å². The van der Waals surface area contributed by atoms with Crippen molar-refractivity contribution in [2.75, 3.05) is 6.54 Å². The van der Waals surface area contributed by atoms with E-state index >= 15 is 0 Å². The molecule has 0 fully saturated rings. The molecule has 1 atom stereocenters. The summed E-state index contributed by atoms with van der Waals surface area (Å²) in [6.07, 6.45) is 11.8. The van der Waals surface area contributed by atoms with Crippen LogP contribution in [-0.2, 0) is 0 Å². The molecule has 3 heterocycles. The highest BCUT2D eigenvalue weighted by molar-refractivity contribution is 9.10. The van der Waals surface area contributed by atoms with Gasteiger partial charge in [-0.15, -0.1) is 0 Å². The zero-order valence-electron chi connectivity index (χ0n) is 25.2. The second kappa shape index (κ2) is 14.4. The smallest absolute Gasteiger partial charge is 0.156 e. The third kappa shape index (κ3) is 7.51. The summed E-state index contributed by atoms with van der Waals surface area (Å²) in [5.41, 5.74) is 17.3. The van der Waals surface area contributed by atoms with Gasteiger partial charge in [-0.25, -0.2) is 9.98 Å². The van der Waals surface area contributed by atoms with Crippen LogP contribution in [0, 0.1) is 0 Å². The maximum absolute atomic E-state index is 6.76. The zero-order chi connectivity index (χ0) is 31.0. The molecule has 7 heteroatoms. The van der Waals surface area contributed by atoms with Gasteiger partial charge in [0, 0.05) is 58.8 Å². The number of nitrogens with zero attached hydrogens (tertiary/aromatic N) is 4. The summed E-state index contributed by atoms with van der Waals surface area (Å²) in [5.74, 6) is 0.586. The summed E-state index contributed by atoms with van der Waals surface area (Å²) in [7, 11) is 0. The van der Waals surface area contributed by atoms with E-state index in [-0.39, 0.29) is 0 Å². The number of nitrogens with two attached hydrogens (primary N) is 1. The first-order chi connectivity index (χ1) is 22.1. The third-order valence-electron chi connectivity index (χ3n) is 7.87. The van der Waals surface area contributed by atoms with Crippen LogP contribution < -0.4 is 11.1 Å². The van der Waals surface area contributed by atoms with Crippen LogP contribution in [0.2, 0.25) is 0 Å². The van der Waals surface area contributed by atoms with Gasteiger partial charge >= 0.3 is 0 Å². The molecule has 5 aromatic rings. The van der Waals surface area contributed by atoms with E-state index < -0.39 is 6.17 Å². The van der Waals surface area contributed by atoms with Crippen molar-refractivity contribution in [3.05, 3.63) is 149 Å². The van der Waals surface area contributed by atoms with Gasteiger partial charge in [0.15, 0.2) is 5.84 Å². The standard InChI is InChI=1S/C38H35BrN6/c1-2-36(34-20-33(21-35(39)22-34)32-8-5-19-43-25-32)44-38(29-15-11-27(12-16-29)31-7-4-18-42-24-31)45-37(40)28-13-9-26(10-14-28)30-6-3-17-41-23-30/h4-5,7-16,18-25,37,41H,2-3,6,17,40H2,1H3/b44-36+,45-38-. The number of allylic oxidation sites excluding steroid dienone is 1. The summed E-state index contributed by atoms with van der Waals surface area (Å²) in [6.45, 7) is 3.14. The van der Waals surface area contributed by atoms with Crippen molar-refractivity contribution >= 4 is 33.1 Å². The molecule has 224 valence electrons. The van der Waals surface area contributed by atoms with Gasteiger partial charge in [-0.1, -0.05) is 83.5 Å². The van der Waals surface area contributed by atoms with E-state index in [1.54, 1.807) is 12.4 Å². The quantitative estimate of drug-likeness (QED) is 0.129. The summed E-state index contributed by atoms with van der Waals surface area (Å²) < 4.78 is 0.972. The fourth-order valence-electron chi connectivity index (χ4n) is 5.42. The van der Waals surface area contributed by atoms with E-state index in [0.717, 1.165) is 68.5 Å². The van der Waals surface area contributed by atoms with Gasteiger partial charge in [0.1, 0.15) is 6.17 Å². The molecular weight excluding hydrogens is 620 g/mol. The van der Waals surface area contributed by atoms with Crippen molar-refractivity contribution in [3.63, 3.8) is 0 Å². The number of benzene rings is 3. The lowest BCUT2D eigenvalue weighted by Crippen LogP contribution is -2.14. The molecule has 3 N–H and O–H groups in total. The van der Waals surface area contributed by atoms with Crippen molar-refractivity contribution in [1.29, 1.82) is 0 Å². The number of aliphatic imine (C=N–C) groups is 2. The lowest BCUT2D eigenvalue weighted by atomic mass is 9.98. The number of amidine groups is 1. The topological polar surface area (TPSA) is 88.5 Å². The molecule has 6 rings (SSSR count). The molecule has 0 bridgehead atoms. The molecule has 0 amide bonds. The Balaban J connectivity index is 1.38. The Hall–Kier alpha value is -4.72. The van der Waals surface area contributed by atoms with Gasteiger partial charge < -0.3 is 11.1 Å². The van der Waals surface area contributed by atoms with Crippen molar-refractivity contribution in [3.8, 4) is 22.3 Å². The Kier molecular flexibility index (Phi) is 9.68. The number of rotatable bonds is 8. The molecule has 0 radical (unpaired) electrons. The largest absolute Gasteiger partial charge is 0.391 e. The van der Waals surface area contributed by atoms with Crippen LogP contribution in [0.1, 0.15) is 54.6 Å². The van der Waals surface area contributed by atoms with Gasteiger partial charge in [0.05, 0.1) is 0 Å². The molecule has 45 heavy (non-hydrogen) atoms. The third-order valence-corrected chi connectivity index (χ3v) is 8.33. The summed E-state index contributed by atoms with van der Waals surface area (Å²) in [4.78, 5) is 18.8. The zero-order valence-corrected chi connectivity index (χ0v) is 26.8. The molecule has 2 aromatic heterocycles. The monoisotopic (exact) mass is 654 g/mol. The number of aromatic nitrogens is 2. The predicted octanol–water partition coefficient (Wildman–Crippen LogP) is 8.60. The van der Waals surface area contributed by atoms with Crippen LogP contribution in [0.3, 0.4) is 0 Å². The molecule has 6 nitrogen and oxygen atoms in total. The molecule has 0 saturated carbocycles. The van der Waals surface area contributed by atoms with E-state index in [1.165, 1.54) is 11.1 Å². The van der Waals surface area contributed by atoms with Crippen molar-refractivity contribution in [2.45, 2.75) is 32.4 Å². The van der Waals surface area contributed by atoms with Gasteiger partial charge in [-0.3, -0.25) is 9.97 Å². The number of nitrogens with one attached hydrogen (secondary N) is 1. The maximum Gasteiger partial charge on any atom is 0.156 e. The summed E-state index contributed by atoms with van der Waals surface area (Å²) in [5, 5.41) is 3.35. The van der Waals surface area contributed by atoms with Crippen LogP contribution in [0.5, 0.6) is 0 Å². The first-order valence-electron chi connectivity index (χ1n) is 15.2. The van der Waals surface area contributed by atoms with E-state index in [0.29, 0.717) is 12.3 Å². The highest BCUT2D eigenvalue weighted by Crippen LogP contribution is 2.27. The second-order valence-electron chi connectivity index (χ2n) is 10.9. The second-order valence-corrected chi connectivity index (χ2v) is 11.9. The number of hydrogen-bond acceptors (Lipinski definition) is 5. The molecule has 0 aliphatic carbocycles. The Morgan fingerprint density at radius 1 is 0.822 bits per heavy atom. The van der Waals surface area contributed by atoms with Crippen LogP contribution in [0.25, 0.3) is 27.8 Å². The van der Waals surface area contributed by atoms with Crippen molar-refractivity contribution < 1.29 is 0 Å². The normalized spacial score (nSPS) is 14.4. The van der Waals surface area contributed by atoms with Gasteiger partial charge in [-0.05, 0) is 88.5 Å². The lowest BCUT2D eigenvalue weighted by molar-refractivity contribution is 0.739. The van der Waals surface area contributed by atoms with Crippen LogP contribution in [0.15, 0.2) is 136 Å². The minimum atomic E-state index is -0.583.